The van der Waals surface area contributed by atoms with Crippen molar-refractivity contribution in [2.75, 3.05) is 0 Å². The molecule has 1 amide bonds. The van der Waals surface area contributed by atoms with Gasteiger partial charge in [0.1, 0.15) is 0 Å². The van der Waals surface area contributed by atoms with E-state index in [1.54, 1.807) is 0 Å². The SMILES string of the molecule is O=C(NC1CCCC1=O)c1ccc(-c2noc(C(F)(F)F)n2)cc1. The monoisotopic (exact) mass is 339 g/mol. The second-order valence-electron chi connectivity index (χ2n) is 5.38. The van der Waals surface area contributed by atoms with Gasteiger partial charge >= 0.3 is 12.1 Å². The number of Topliss-reactive ketones (excluding diaryl/α,β-unsaturated/α-hetero) is 1. The zero-order valence-electron chi connectivity index (χ0n) is 12.3. The molecule has 1 heterocycles. The average molecular weight is 339 g/mol. The Hall–Kier alpha value is -2.71. The molecule has 1 aliphatic carbocycles. The van der Waals surface area contributed by atoms with Crippen molar-refractivity contribution in [3.63, 3.8) is 0 Å². The summed E-state index contributed by atoms with van der Waals surface area (Å²) in [5.41, 5.74) is 0.570. The van der Waals surface area contributed by atoms with Gasteiger partial charge in [-0.2, -0.15) is 18.2 Å². The normalized spacial score (nSPS) is 18.0. The Morgan fingerprint density at radius 1 is 1.25 bits per heavy atom. The van der Waals surface area contributed by atoms with Crippen molar-refractivity contribution in [2.24, 2.45) is 0 Å². The first-order valence-electron chi connectivity index (χ1n) is 7.19. The van der Waals surface area contributed by atoms with Crippen molar-refractivity contribution in [3.8, 4) is 11.4 Å². The molecule has 0 saturated heterocycles. The zero-order chi connectivity index (χ0) is 17.3. The van der Waals surface area contributed by atoms with Crippen molar-refractivity contribution in [1.82, 2.24) is 15.5 Å². The third-order valence-corrected chi connectivity index (χ3v) is 3.68. The largest absolute Gasteiger partial charge is 0.471 e. The molecular formula is C15H12F3N3O3. The number of benzene rings is 1. The molecule has 0 aliphatic heterocycles. The molecule has 1 fully saturated rings. The van der Waals surface area contributed by atoms with Gasteiger partial charge in [-0.15, -0.1) is 0 Å². The van der Waals surface area contributed by atoms with Gasteiger partial charge in [0.05, 0.1) is 6.04 Å². The highest BCUT2D eigenvalue weighted by atomic mass is 19.4. The number of halogens is 3. The van der Waals surface area contributed by atoms with Crippen LogP contribution < -0.4 is 5.32 Å². The maximum Gasteiger partial charge on any atom is 0.471 e. The zero-order valence-corrected chi connectivity index (χ0v) is 12.3. The van der Waals surface area contributed by atoms with Crippen LogP contribution in [0.15, 0.2) is 28.8 Å². The average Bonchev–Trinajstić information content (AvgIpc) is 3.17. The minimum Gasteiger partial charge on any atom is -0.342 e. The van der Waals surface area contributed by atoms with Crippen molar-refractivity contribution in [2.45, 2.75) is 31.5 Å². The van der Waals surface area contributed by atoms with Crippen LogP contribution in [-0.4, -0.2) is 27.9 Å². The summed E-state index contributed by atoms with van der Waals surface area (Å²) in [6.07, 6.45) is -2.88. The number of hydrogen-bond acceptors (Lipinski definition) is 5. The van der Waals surface area contributed by atoms with Crippen LogP contribution in [0, 0.1) is 0 Å². The summed E-state index contributed by atoms with van der Waals surface area (Å²) in [6.45, 7) is 0. The molecule has 6 nitrogen and oxygen atoms in total. The number of amides is 1. The lowest BCUT2D eigenvalue weighted by Gasteiger charge is -2.10. The highest BCUT2D eigenvalue weighted by Crippen LogP contribution is 2.29. The van der Waals surface area contributed by atoms with Gasteiger partial charge < -0.3 is 9.84 Å². The maximum atomic E-state index is 12.4. The van der Waals surface area contributed by atoms with Gasteiger partial charge in [0.15, 0.2) is 5.78 Å². The fraction of sp³-hybridized carbons (Fsp3) is 0.333. The van der Waals surface area contributed by atoms with Gasteiger partial charge in [0.2, 0.25) is 5.82 Å². The molecule has 0 radical (unpaired) electrons. The third-order valence-electron chi connectivity index (χ3n) is 3.68. The van der Waals surface area contributed by atoms with Crippen LogP contribution in [0.2, 0.25) is 0 Å². The number of rotatable bonds is 3. The van der Waals surface area contributed by atoms with E-state index in [0.29, 0.717) is 12.8 Å². The summed E-state index contributed by atoms with van der Waals surface area (Å²) in [6, 6.07) is 5.21. The Labute approximate surface area is 134 Å². The minimum atomic E-state index is -4.71. The van der Waals surface area contributed by atoms with Gasteiger partial charge in [0.25, 0.3) is 5.91 Å². The van der Waals surface area contributed by atoms with E-state index >= 15 is 0 Å². The molecule has 1 atom stereocenters. The van der Waals surface area contributed by atoms with Crippen LogP contribution >= 0.6 is 0 Å². The molecule has 0 bridgehead atoms. The maximum absolute atomic E-state index is 12.4. The molecule has 1 aliphatic rings. The van der Waals surface area contributed by atoms with Crippen LogP contribution in [0.3, 0.4) is 0 Å². The molecule has 1 aromatic heterocycles. The van der Waals surface area contributed by atoms with Crippen molar-refractivity contribution < 1.29 is 27.3 Å². The van der Waals surface area contributed by atoms with E-state index in [1.165, 1.54) is 24.3 Å². The lowest BCUT2D eigenvalue weighted by molar-refractivity contribution is -0.159. The Kier molecular flexibility index (Phi) is 4.08. The molecular weight excluding hydrogens is 327 g/mol. The molecule has 2 aromatic rings. The summed E-state index contributed by atoms with van der Waals surface area (Å²) < 4.78 is 41.5. The van der Waals surface area contributed by atoms with E-state index in [1.807, 2.05) is 0 Å². The number of aromatic nitrogens is 2. The van der Waals surface area contributed by atoms with Crippen LogP contribution in [0.4, 0.5) is 13.2 Å². The Morgan fingerprint density at radius 2 is 1.96 bits per heavy atom. The molecule has 0 spiro atoms. The first-order valence-corrected chi connectivity index (χ1v) is 7.19. The lowest BCUT2D eigenvalue weighted by atomic mass is 10.1. The highest BCUT2D eigenvalue weighted by molar-refractivity contribution is 5.98. The number of hydrogen-bond donors (Lipinski definition) is 1. The molecule has 1 aromatic carbocycles. The summed E-state index contributed by atoms with van der Waals surface area (Å²) in [4.78, 5) is 26.9. The predicted molar refractivity (Wildman–Crippen MR) is 74.8 cm³/mol. The molecule has 1 N–H and O–H groups in total. The summed E-state index contributed by atoms with van der Waals surface area (Å²) in [5, 5.41) is 5.91. The number of ketones is 1. The minimum absolute atomic E-state index is 0.00597. The van der Waals surface area contributed by atoms with Gasteiger partial charge in [-0.3, -0.25) is 9.59 Å². The van der Waals surface area contributed by atoms with E-state index in [4.69, 9.17) is 0 Å². The summed E-state index contributed by atoms with van der Waals surface area (Å²) in [7, 11) is 0. The van der Waals surface area contributed by atoms with Gasteiger partial charge in [-0.25, -0.2) is 0 Å². The van der Waals surface area contributed by atoms with Crippen LogP contribution in [0.25, 0.3) is 11.4 Å². The van der Waals surface area contributed by atoms with E-state index in [9.17, 15) is 22.8 Å². The van der Waals surface area contributed by atoms with Gasteiger partial charge in [-0.1, -0.05) is 17.3 Å². The van der Waals surface area contributed by atoms with Crippen LogP contribution in [0.5, 0.6) is 0 Å². The molecule has 24 heavy (non-hydrogen) atoms. The second-order valence-corrected chi connectivity index (χ2v) is 5.38. The van der Waals surface area contributed by atoms with Crippen molar-refractivity contribution >= 4 is 11.7 Å². The summed E-state index contributed by atoms with van der Waals surface area (Å²) in [5.74, 6) is -2.06. The first kappa shape index (κ1) is 16.2. The quantitative estimate of drug-likeness (QED) is 0.929. The van der Waals surface area contributed by atoms with E-state index in [0.717, 1.165) is 6.42 Å². The van der Waals surface area contributed by atoms with E-state index in [2.05, 4.69) is 20.0 Å². The number of carbonyl (C=O) groups is 2. The van der Waals surface area contributed by atoms with Crippen LogP contribution in [0.1, 0.15) is 35.5 Å². The molecule has 9 heteroatoms. The fourth-order valence-corrected chi connectivity index (χ4v) is 2.44. The topological polar surface area (TPSA) is 85.1 Å². The second kappa shape index (κ2) is 6.06. The van der Waals surface area contributed by atoms with E-state index < -0.39 is 24.0 Å². The molecule has 3 rings (SSSR count). The first-order chi connectivity index (χ1) is 11.3. The van der Waals surface area contributed by atoms with Crippen LogP contribution in [-0.2, 0) is 11.0 Å². The third kappa shape index (κ3) is 3.29. The molecule has 1 saturated carbocycles. The van der Waals surface area contributed by atoms with E-state index in [-0.39, 0.29) is 22.7 Å². The van der Waals surface area contributed by atoms with Gasteiger partial charge in [0, 0.05) is 17.5 Å². The fourth-order valence-electron chi connectivity index (χ4n) is 2.44. The number of carbonyl (C=O) groups excluding carboxylic acids is 2. The van der Waals surface area contributed by atoms with Crippen molar-refractivity contribution in [3.05, 3.63) is 35.7 Å². The number of alkyl halides is 3. The number of nitrogens with zero attached hydrogens (tertiary/aromatic N) is 2. The Bertz CT molecular complexity index is 768. The molecule has 1 unspecified atom stereocenters. The summed E-state index contributed by atoms with van der Waals surface area (Å²) >= 11 is 0. The number of nitrogens with one attached hydrogen (secondary N) is 1. The van der Waals surface area contributed by atoms with Crippen molar-refractivity contribution in [1.29, 1.82) is 0 Å². The lowest BCUT2D eigenvalue weighted by Crippen LogP contribution is -2.37. The predicted octanol–water partition coefficient (Wildman–Crippen LogP) is 2.61. The Balaban J connectivity index is 1.72. The highest BCUT2D eigenvalue weighted by Gasteiger charge is 2.38. The van der Waals surface area contributed by atoms with Gasteiger partial charge in [-0.05, 0) is 25.0 Å². The molecule has 126 valence electrons. The smallest absolute Gasteiger partial charge is 0.342 e. The Morgan fingerprint density at radius 3 is 2.50 bits per heavy atom. The standard InChI is InChI=1S/C15H12F3N3O3/c16-15(17,18)14-20-12(21-24-14)8-4-6-9(7-5-8)13(23)19-10-2-1-3-11(10)22/h4-7,10H,1-3H2,(H,19,23).